The molecule has 4 aromatic rings. The second-order valence-electron chi connectivity index (χ2n) is 10.3. The Hall–Kier alpha value is -4.66. The van der Waals surface area contributed by atoms with Gasteiger partial charge in [0.15, 0.2) is 17.3 Å². The van der Waals surface area contributed by atoms with Gasteiger partial charge < -0.3 is 19.3 Å². The smallest absolute Gasteiger partial charge is 0.234 e. The molecule has 210 valence electrons. The highest BCUT2D eigenvalue weighted by Gasteiger charge is 2.41. The lowest BCUT2D eigenvalue weighted by Gasteiger charge is -2.40. The highest BCUT2D eigenvalue weighted by atomic mass is 19.1. The van der Waals surface area contributed by atoms with Crippen molar-refractivity contribution in [3.63, 3.8) is 0 Å². The van der Waals surface area contributed by atoms with Gasteiger partial charge in [0, 0.05) is 43.6 Å². The van der Waals surface area contributed by atoms with E-state index in [0.717, 1.165) is 22.5 Å². The van der Waals surface area contributed by atoms with E-state index in [-0.39, 0.29) is 11.7 Å². The summed E-state index contributed by atoms with van der Waals surface area (Å²) in [6.07, 6.45) is 1.71. The molecule has 2 unspecified atom stereocenters. The van der Waals surface area contributed by atoms with Crippen LogP contribution in [0.3, 0.4) is 0 Å². The van der Waals surface area contributed by atoms with E-state index < -0.39 is 12.0 Å². The number of aliphatic imine (C=N–C) groups is 1. The topological polar surface area (TPSA) is 72.2 Å². The molecular weight excluding hydrogens is 521 g/mol. The molecule has 2 aliphatic heterocycles. The van der Waals surface area contributed by atoms with Gasteiger partial charge in [0.2, 0.25) is 5.91 Å². The van der Waals surface area contributed by atoms with Crippen LogP contribution in [0.4, 0.5) is 15.9 Å². The van der Waals surface area contributed by atoms with Crippen LogP contribution < -0.4 is 14.4 Å². The number of halogens is 1. The molecule has 3 heterocycles. The van der Waals surface area contributed by atoms with E-state index in [2.05, 4.69) is 10.00 Å². The SMILES string of the molecule is COc1cc(C2C(C(=O)N3CCN(c4ccc(F)cc4)CC3)C(C)=Nc3ccnn32)ccc1OCc1ccccc1. The van der Waals surface area contributed by atoms with Gasteiger partial charge >= 0.3 is 0 Å². The first-order chi connectivity index (χ1) is 20.0. The average molecular weight is 554 g/mol. The van der Waals surface area contributed by atoms with E-state index in [9.17, 15) is 9.18 Å². The van der Waals surface area contributed by atoms with Crippen molar-refractivity contribution in [2.24, 2.45) is 10.9 Å². The van der Waals surface area contributed by atoms with Crippen molar-refractivity contribution >= 4 is 23.1 Å². The van der Waals surface area contributed by atoms with E-state index in [1.165, 1.54) is 12.1 Å². The summed E-state index contributed by atoms with van der Waals surface area (Å²) in [5.74, 6) is 1.15. The van der Waals surface area contributed by atoms with Crippen molar-refractivity contribution in [1.82, 2.24) is 14.7 Å². The van der Waals surface area contributed by atoms with Gasteiger partial charge in [0.1, 0.15) is 18.3 Å². The maximum absolute atomic E-state index is 14.1. The molecule has 0 saturated carbocycles. The zero-order valence-corrected chi connectivity index (χ0v) is 23.1. The zero-order valence-electron chi connectivity index (χ0n) is 23.1. The fraction of sp³-hybridized carbons (Fsp3) is 0.281. The number of hydrogen-bond acceptors (Lipinski definition) is 6. The van der Waals surface area contributed by atoms with Gasteiger partial charge in [-0.1, -0.05) is 36.4 Å². The first-order valence-electron chi connectivity index (χ1n) is 13.7. The van der Waals surface area contributed by atoms with Crippen LogP contribution in [0.1, 0.15) is 24.1 Å². The third kappa shape index (κ3) is 5.39. The molecule has 3 aromatic carbocycles. The molecule has 1 aromatic heterocycles. The third-order valence-electron chi connectivity index (χ3n) is 7.79. The number of hydrogen-bond donors (Lipinski definition) is 0. The van der Waals surface area contributed by atoms with Crippen LogP contribution >= 0.6 is 0 Å². The Kier molecular flexibility index (Phi) is 7.41. The molecule has 9 heteroatoms. The Morgan fingerprint density at radius 3 is 2.44 bits per heavy atom. The van der Waals surface area contributed by atoms with Crippen LogP contribution in [0.15, 0.2) is 90.1 Å². The van der Waals surface area contributed by atoms with Crippen molar-refractivity contribution in [2.75, 3.05) is 38.2 Å². The Labute approximate surface area is 238 Å². The number of ether oxygens (including phenoxy) is 2. The molecule has 1 saturated heterocycles. The fourth-order valence-corrected chi connectivity index (χ4v) is 5.63. The number of piperazine rings is 1. The predicted octanol–water partition coefficient (Wildman–Crippen LogP) is 5.27. The van der Waals surface area contributed by atoms with Gasteiger partial charge in [-0.15, -0.1) is 0 Å². The number of rotatable bonds is 7. The summed E-state index contributed by atoms with van der Waals surface area (Å²) < 4.78 is 27.0. The lowest BCUT2D eigenvalue weighted by Crippen LogP contribution is -2.53. The third-order valence-corrected chi connectivity index (χ3v) is 7.79. The highest BCUT2D eigenvalue weighted by molar-refractivity contribution is 6.05. The Balaban J connectivity index is 1.25. The molecule has 1 fully saturated rings. The second kappa shape index (κ2) is 11.4. The molecule has 6 rings (SSSR count). The number of benzene rings is 3. The van der Waals surface area contributed by atoms with Crippen molar-refractivity contribution in [3.8, 4) is 11.5 Å². The van der Waals surface area contributed by atoms with Crippen molar-refractivity contribution < 1.29 is 18.7 Å². The van der Waals surface area contributed by atoms with Crippen LogP contribution in [-0.2, 0) is 11.4 Å². The molecule has 0 aliphatic carbocycles. The van der Waals surface area contributed by atoms with Crippen LogP contribution in [0.2, 0.25) is 0 Å². The molecule has 0 spiro atoms. The Morgan fingerprint density at radius 2 is 1.71 bits per heavy atom. The van der Waals surface area contributed by atoms with E-state index in [4.69, 9.17) is 14.5 Å². The molecule has 41 heavy (non-hydrogen) atoms. The number of aromatic nitrogens is 2. The first kappa shape index (κ1) is 26.6. The number of anilines is 1. The molecule has 1 amide bonds. The number of carbonyl (C=O) groups excluding carboxylic acids is 1. The van der Waals surface area contributed by atoms with E-state index in [1.807, 2.05) is 71.1 Å². The van der Waals surface area contributed by atoms with Crippen molar-refractivity contribution in [2.45, 2.75) is 19.6 Å². The van der Waals surface area contributed by atoms with Gasteiger partial charge in [-0.2, -0.15) is 5.10 Å². The molecule has 0 bridgehead atoms. The summed E-state index contributed by atoms with van der Waals surface area (Å²) >= 11 is 0. The van der Waals surface area contributed by atoms with E-state index in [0.29, 0.717) is 50.1 Å². The van der Waals surface area contributed by atoms with Crippen LogP contribution in [-0.4, -0.2) is 59.6 Å². The standard InChI is InChI=1S/C32H32FN5O3/c1-22-30(32(39)37-18-16-36(17-19-37)26-11-9-25(33)10-12-26)31(38-29(35-22)14-15-34-38)24-8-13-27(28(20-24)40-2)41-21-23-6-4-3-5-7-23/h3-15,20,30-31H,16-19,21H2,1-2H3. The van der Waals surface area contributed by atoms with Crippen LogP contribution in [0, 0.1) is 11.7 Å². The fourth-order valence-electron chi connectivity index (χ4n) is 5.63. The van der Waals surface area contributed by atoms with Crippen molar-refractivity contribution in [3.05, 3.63) is 102 Å². The summed E-state index contributed by atoms with van der Waals surface area (Å²) in [6, 6.07) is 23.7. The Bertz CT molecular complexity index is 1550. The largest absolute Gasteiger partial charge is 0.493 e. The lowest BCUT2D eigenvalue weighted by molar-refractivity contribution is -0.134. The maximum atomic E-state index is 14.1. The van der Waals surface area contributed by atoms with Crippen molar-refractivity contribution in [1.29, 1.82) is 0 Å². The predicted molar refractivity (Wildman–Crippen MR) is 156 cm³/mol. The molecular formula is C32H32FN5O3. The molecule has 0 N–H and O–H groups in total. The molecule has 8 nitrogen and oxygen atoms in total. The average Bonchev–Trinajstić information content (AvgIpc) is 3.48. The number of amides is 1. The van der Waals surface area contributed by atoms with Gasteiger partial charge in [-0.05, 0) is 54.4 Å². The number of nitrogens with zero attached hydrogens (tertiary/aromatic N) is 5. The maximum Gasteiger partial charge on any atom is 0.234 e. The second-order valence-corrected chi connectivity index (χ2v) is 10.3. The summed E-state index contributed by atoms with van der Waals surface area (Å²) in [5.41, 5.74) is 3.65. The summed E-state index contributed by atoms with van der Waals surface area (Å²) in [5, 5.41) is 4.57. The Morgan fingerprint density at radius 1 is 0.951 bits per heavy atom. The molecule has 0 radical (unpaired) electrons. The quantitative estimate of drug-likeness (QED) is 0.312. The minimum Gasteiger partial charge on any atom is -0.493 e. The van der Waals surface area contributed by atoms with Gasteiger partial charge in [-0.3, -0.25) is 4.79 Å². The number of methoxy groups -OCH3 is 1. The summed E-state index contributed by atoms with van der Waals surface area (Å²) in [6.45, 7) is 4.79. The first-order valence-corrected chi connectivity index (χ1v) is 13.7. The lowest BCUT2D eigenvalue weighted by atomic mass is 9.86. The van der Waals surface area contributed by atoms with E-state index >= 15 is 0 Å². The zero-order chi connectivity index (χ0) is 28.3. The monoisotopic (exact) mass is 553 g/mol. The van der Waals surface area contributed by atoms with E-state index in [1.54, 1.807) is 25.4 Å². The summed E-state index contributed by atoms with van der Waals surface area (Å²) in [4.78, 5) is 22.9. The van der Waals surface area contributed by atoms with Gasteiger partial charge in [-0.25, -0.2) is 14.1 Å². The minimum atomic E-state index is -0.527. The van der Waals surface area contributed by atoms with Crippen LogP contribution in [0.5, 0.6) is 11.5 Å². The minimum absolute atomic E-state index is 0.0135. The van der Waals surface area contributed by atoms with Gasteiger partial charge in [0.05, 0.1) is 19.3 Å². The number of carbonyl (C=O) groups is 1. The summed E-state index contributed by atoms with van der Waals surface area (Å²) in [7, 11) is 1.62. The van der Waals surface area contributed by atoms with Crippen LogP contribution in [0.25, 0.3) is 0 Å². The number of fused-ring (bicyclic) bond motifs is 1. The molecule has 2 atom stereocenters. The highest BCUT2D eigenvalue weighted by Crippen LogP contribution is 2.40. The normalized spacial score (nSPS) is 18.5. The van der Waals surface area contributed by atoms with Gasteiger partial charge in [0.25, 0.3) is 0 Å². The molecule has 2 aliphatic rings.